The van der Waals surface area contributed by atoms with Gasteiger partial charge < -0.3 is 4.74 Å². The lowest BCUT2D eigenvalue weighted by atomic mass is 9.92. The molecule has 0 aliphatic rings. The highest BCUT2D eigenvalue weighted by Gasteiger charge is 2.22. The highest BCUT2D eigenvalue weighted by atomic mass is 16.5. The summed E-state index contributed by atoms with van der Waals surface area (Å²) in [6.07, 6.45) is 5.99. The largest absolute Gasteiger partial charge is 0.457 e. The summed E-state index contributed by atoms with van der Waals surface area (Å²) in [6, 6.07) is 47.0. The molecule has 0 aliphatic carbocycles. The molecule has 10 aromatic rings. The highest BCUT2D eigenvalue weighted by molar-refractivity contribution is 6.13. The Kier molecular flexibility index (Phi) is 7.41. The summed E-state index contributed by atoms with van der Waals surface area (Å²) in [7, 11) is 0. The van der Waals surface area contributed by atoms with Gasteiger partial charge in [-0.05, 0) is 70.8 Å². The second kappa shape index (κ2) is 12.5. The lowest BCUT2D eigenvalue weighted by Crippen LogP contribution is -2.11. The van der Waals surface area contributed by atoms with Crippen LogP contribution in [-0.4, -0.2) is 23.5 Å². The zero-order valence-corrected chi connectivity index (χ0v) is 30.7. The minimum absolute atomic E-state index is 0.347. The van der Waals surface area contributed by atoms with Crippen LogP contribution in [0.2, 0.25) is 0 Å². The van der Waals surface area contributed by atoms with Gasteiger partial charge in [-0.2, -0.15) is 0 Å². The number of rotatable bonds is 7. The predicted molar refractivity (Wildman–Crippen MR) is 222 cm³/mol. The normalized spacial score (nSPS) is 12.0. The number of ether oxygens (including phenoxy) is 1. The zero-order valence-electron chi connectivity index (χ0n) is 30.7. The first-order valence-corrected chi connectivity index (χ1v) is 18.7. The second-order valence-electron chi connectivity index (χ2n) is 14.7. The Hall–Kier alpha value is -6.66. The number of hydrogen-bond donors (Lipinski definition) is 0. The van der Waals surface area contributed by atoms with Gasteiger partial charge in [0.1, 0.15) is 17.1 Å². The third-order valence-electron chi connectivity index (χ3n) is 10.8. The van der Waals surface area contributed by atoms with E-state index in [0.717, 1.165) is 67.1 Å². The number of fused-ring (bicyclic) bond motifs is 9. The van der Waals surface area contributed by atoms with Crippen molar-refractivity contribution in [1.82, 2.24) is 23.5 Å². The molecule has 0 atom stereocenters. The molecular formula is C48H39N5O. The number of aromatic nitrogens is 5. The molecule has 0 bridgehead atoms. The molecule has 262 valence electrons. The van der Waals surface area contributed by atoms with Gasteiger partial charge in [-0.25, -0.2) is 9.97 Å². The van der Waals surface area contributed by atoms with Crippen LogP contribution in [0, 0.1) is 0 Å². The molecule has 0 aliphatic heterocycles. The van der Waals surface area contributed by atoms with Crippen LogP contribution in [0.15, 0.2) is 152 Å². The Bertz CT molecular complexity index is 3010. The van der Waals surface area contributed by atoms with E-state index in [0.29, 0.717) is 11.8 Å². The molecular weight excluding hydrogens is 663 g/mol. The molecule has 6 nitrogen and oxygen atoms in total. The van der Waals surface area contributed by atoms with E-state index in [1.54, 1.807) is 0 Å². The van der Waals surface area contributed by atoms with Gasteiger partial charge >= 0.3 is 0 Å². The van der Waals surface area contributed by atoms with Crippen LogP contribution < -0.4 is 4.74 Å². The van der Waals surface area contributed by atoms with Crippen LogP contribution in [-0.2, 0) is 0 Å². The number of hydrogen-bond acceptors (Lipinski definition) is 3. The fourth-order valence-electron chi connectivity index (χ4n) is 8.29. The summed E-state index contributed by atoms with van der Waals surface area (Å²) >= 11 is 0. The Morgan fingerprint density at radius 2 is 1.17 bits per heavy atom. The topological polar surface area (TPSA) is 49.3 Å². The maximum Gasteiger partial charge on any atom is 0.219 e. The van der Waals surface area contributed by atoms with Crippen LogP contribution in [0.1, 0.15) is 50.7 Å². The summed E-state index contributed by atoms with van der Waals surface area (Å²) in [5.74, 6) is 3.04. The van der Waals surface area contributed by atoms with Gasteiger partial charge in [-0.3, -0.25) is 13.5 Å². The van der Waals surface area contributed by atoms with Gasteiger partial charge in [-0.15, -0.1) is 0 Å². The van der Waals surface area contributed by atoms with Crippen molar-refractivity contribution in [3.8, 4) is 34.4 Å². The molecule has 0 unspecified atom stereocenters. The third kappa shape index (κ3) is 4.94. The van der Waals surface area contributed by atoms with E-state index >= 15 is 0 Å². The maximum atomic E-state index is 6.75. The predicted octanol–water partition coefficient (Wildman–Crippen LogP) is 12.6. The number of imidazole rings is 2. The van der Waals surface area contributed by atoms with Crippen molar-refractivity contribution >= 4 is 49.1 Å². The lowest BCUT2D eigenvalue weighted by Gasteiger charge is -2.22. The van der Waals surface area contributed by atoms with E-state index in [-0.39, 0.29) is 0 Å². The van der Waals surface area contributed by atoms with E-state index < -0.39 is 0 Å². The number of para-hydroxylation sites is 3. The SMILES string of the molecule is CC(C)c1cccc(C(C)C)c1-n1ccnc1-n1c2ccccc2c2ccc(Oc3ccc4c5ccccc5n5c(-c6ccccc6)cnc5c4c3)cc21. The van der Waals surface area contributed by atoms with E-state index in [9.17, 15) is 0 Å². The highest BCUT2D eigenvalue weighted by Crippen LogP contribution is 2.39. The smallest absolute Gasteiger partial charge is 0.219 e. The van der Waals surface area contributed by atoms with Crippen molar-refractivity contribution < 1.29 is 4.74 Å². The van der Waals surface area contributed by atoms with Crippen LogP contribution in [0.4, 0.5) is 0 Å². The van der Waals surface area contributed by atoms with Gasteiger partial charge in [0.2, 0.25) is 5.95 Å². The van der Waals surface area contributed by atoms with Crippen molar-refractivity contribution in [2.45, 2.75) is 39.5 Å². The fraction of sp³-hybridized carbons (Fsp3) is 0.125. The van der Waals surface area contributed by atoms with Gasteiger partial charge in [0, 0.05) is 45.6 Å². The van der Waals surface area contributed by atoms with E-state index in [2.05, 4.69) is 175 Å². The molecule has 54 heavy (non-hydrogen) atoms. The van der Waals surface area contributed by atoms with Crippen molar-refractivity contribution in [2.24, 2.45) is 0 Å². The number of nitrogens with zero attached hydrogens (tertiary/aromatic N) is 5. The number of pyridine rings is 1. The van der Waals surface area contributed by atoms with Gasteiger partial charge in [0.25, 0.3) is 0 Å². The second-order valence-corrected chi connectivity index (χ2v) is 14.7. The van der Waals surface area contributed by atoms with Gasteiger partial charge in [0.05, 0.1) is 34.1 Å². The van der Waals surface area contributed by atoms with Gasteiger partial charge in [0.15, 0.2) is 0 Å². The molecule has 6 aromatic carbocycles. The fourth-order valence-corrected chi connectivity index (χ4v) is 8.29. The minimum Gasteiger partial charge on any atom is -0.457 e. The summed E-state index contributed by atoms with van der Waals surface area (Å²) in [5.41, 5.74) is 10.1. The van der Waals surface area contributed by atoms with Crippen molar-refractivity contribution in [2.75, 3.05) is 0 Å². The molecule has 4 aromatic heterocycles. The molecule has 0 radical (unpaired) electrons. The molecule has 0 amide bonds. The Labute approximate surface area is 313 Å². The standard InChI is InChI=1S/C48H39N5O/c1-30(2)35-17-12-18-36(31(3)4)46(35)51-26-25-49-48(51)53-43-20-11-9-16-39(43)40-24-22-34(28-44(40)53)54-33-21-23-37-38-15-8-10-19-42(38)52-45(32-13-6-5-7-14-32)29-50-47(52)41(37)27-33/h5-31H,1-4H3. The first-order valence-electron chi connectivity index (χ1n) is 18.7. The molecule has 0 saturated heterocycles. The van der Waals surface area contributed by atoms with E-state index in [4.69, 9.17) is 14.7 Å². The molecule has 6 heteroatoms. The average Bonchev–Trinajstić information content (AvgIpc) is 3.94. The molecule has 4 heterocycles. The van der Waals surface area contributed by atoms with Gasteiger partial charge in [-0.1, -0.05) is 113 Å². The molecule has 0 N–H and O–H groups in total. The summed E-state index contributed by atoms with van der Waals surface area (Å²) in [5, 5.41) is 5.66. The summed E-state index contributed by atoms with van der Waals surface area (Å²) in [4.78, 5) is 10.0. The number of benzene rings is 6. The van der Waals surface area contributed by atoms with E-state index in [1.807, 2.05) is 18.5 Å². The monoisotopic (exact) mass is 701 g/mol. The van der Waals surface area contributed by atoms with Crippen molar-refractivity contribution in [1.29, 1.82) is 0 Å². The van der Waals surface area contributed by atoms with Crippen LogP contribution in [0.5, 0.6) is 11.5 Å². The summed E-state index contributed by atoms with van der Waals surface area (Å²) < 4.78 is 13.6. The van der Waals surface area contributed by atoms with Crippen molar-refractivity contribution in [3.05, 3.63) is 163 Å². The van der Waals surface area contributed by atoms with E-state index in [1.165, 1.54) is 27.6 Å². The zero-order chi connectivity index (χ0) is 36.5. The Morgan fingerprint density at radius 1 is 0.537 bits per heavy atom. The van der Waals surface area contributed by atoms with Crippen LogP contribution >= 0.6 is 0 Å². The first-order chi connectivity index (χ1) is 26.5. The Morgan fingerprint density at radius 3 is 1.91 bits per heavy atom. The minimum atomic E-state index is 0.347. The van der Waals surface area contributed by atoms with Crippen LogP contribution in [0.3, 0.4) is 0 Å². The molecule has 0 fully saturated rings. The molecule has 0 spiro atoms. The lowest BCUT2D eigenvalue weighted by molar-refractivity contribution is 0.484. The average molecular weight is 702 g/mol. The first kappa shape index (κ1) is 32.0. The van der Waals surface area contributed by atoms with Crippen molar-refractivity contribution in [3.63, 3.8) is 0 Å². The quantitative estimate of drug-likeness (QED) is 0.155. The molecule has 0 saturated carbocycles. The molecule has 10 rings (SSSR count). The maximum absolute atomic E-state index is 6.75. The van der Waals surface area contributed by atoms with Crippen LogP contribution in [0.25, 0.3) is 72.0 Å². The third-order valence-corrected chi connectivity index (χ3v) is 10.8. The Balaban J connectivity index is 1.14. The summed E-state index contributed by atoms with van der Waals surface area (Å²) in [6.45, 7) is 9.05.